The Labute approximate surface area is 183 Å². The van der Waals surface area contributed by atoms with E-state index in [0.717, 1.165) is 36.9 Å². The smallest absolute Gasteiger partial charge is 0.286 e. The van der Waals surface area contributed by atoms with Crippen LogP contribution in [-0.4, -0.2) is 42.2 Å². The van der Waals surface area contributed by atoms with E-state index < -0.39 is 0 Å². The average molecular weight is 420 g/mol. The summed E-state index contributed by atoms with van der Waals surface area (Å²) in [6, 6.07) is 17.1. The predicted octanol–water partition coefficient (Wildman–Crippen LogP) is 5.09. The molecule has 0 aromatic heterocycles. The summed E-state index contributed by atoms with van der Waals surface area (Å²) >= 11 is 1.50. The molecule has 2 aromatic carbocycles. The van der Waals surface area contributed by atoms with Crippen molar-refractivity contribution in [2.45, 2.75) is 33.1 Å². The van der Waals surface area contributed by atoms with Crippen LogP contribution in [0.4, 0.5) is 5.69 Å². The van der Waals surface area contributed by atoms with Crippen LogP contribution in [-0.2, 0) is 10.2 Å². The zero-order chi connectivity index (χ0) is 21.3. The van der Waals surface area contributed by atoms with Crippen LogP contribution in [0.15, 0.2) is 58.4 Å². The highest BCUT2D eigenvalue weighted by atomic mass is 32.2. The first kappa shape index (κ1) is 20.7. The summed E-state index contributed by atoms with van der Waals surface area (Å²) in [5, 5.41) is 0.834. The van der Waals surface area contributed by atoms with E-state index in [4.69, 9.17) is 0 Å². The van der Waals surface area contributed by atoms with Crippen LogP contribution >= 0.6 is 11.8 Å². The molecule has 4 rings (SSSR count). The Balaban J connectivity index is 1.38. The number of piperazine rings is 1. The number of aliphatic imine (C=N–C) groups is 1. The molecular weight excluding hydrogens is 390 g/mol. The molecule has 0 radical (unpaired) electrons. The van der Waals surface area contributed by atoms with E-state index >= 15 is 0 Å². The molecule has 2 heterocycles. The number of hydrogen-bond acceptors (Lipinski definition) is 4. The molecule has 0 spiro atoms. The second-order valence-electron chi connectivity index (χ2n) is 8.99. The Morgan fingerprint density at radius 2 is 1.50 bits per heavy atom. The van der Waals surface area contributed by atoms with Crippen molar-refractivity contribution in [3.63, 3.8) is 0 Å². The van der Waals surface area contributed by atoms with Crippen molar-refractivity contribution in [3.8, 4) is 0 Å². The topological polar surface area (TPSA) is 35.9 Å². The molecule has 1 saturated heterocycles. The van der Waals surface area contributed by atoms with Gasteiger partial charge in [0.15, 0.2) is 5.17 Å². The number of amides is 1. The fraction of sp³-hybridized carbons (Fsp3) is 0.360. The lowest BCUT2D eigenvalue weighted by Crippen LogP contribution is -2.47. The summed E-state index contributed by atoms with van der Waals surface area (Å²) < 4.78 is 0. The number of amidine groups is 1. The minimum absolute atomic E-state index is 0.126. The third-order valence-corrected chi connectivity index (χ3v) is 6.68. The summed E-state index contributed by atoms with van der Waals surface area (Å²) in [5.41, 5.74) is 5.00. The van der Waals surface area contributed by atoms with Crippen molar-refractivity contribution in [2.24, 2.45) is 4.99 Å². The Morgan fingerprint density at radius 3 is 2.10 bits per heavy atom. The Morgan fingerprint density at radius 1 is 0.900 bits per heavy atom. The number of thioether (sulfide) groups is 1. The number of benzene rings is 2. The molecule has 156 valence electrons. The highest BCUT2D eigenvalue weighted by Gasteiger charge is 2.28. The molecule has 1 amide bonds. The molecule has 0 saturated carbocycles. The fourth-order valence-electron chi connectivity index (χ4n) is 3.68. The van der Waals surface area contributed by atoms with Gasteiger partial charge in [-0.2, -0.15) is 4.99 Å². The van der Waals surface area contributed by atoms with Crippen molar-refractivity contribution < 1.29 is 4.79 Å². The summed E-state index contributed by atoms with van der Waals surface area (Å²) in [4.78, 5) is 22.1. The minimum Gasteiger partial charge on any atom is -0.368 e. The van der Waals surface area contributed by atoms with Crippen LogP contribution in [0, 0.1) is 6.92 Å². The molecule has 2 aliphatic rings. The standard InChI is InChI=1S/C25H29N3OS/c1-18-5-11-21(12-6-18)27-13-15-28(16-14-27)24-26-23(29)22(30-24)17-19-7-9-20(10-8-19)25(2,3)4/h5-12,17H,13-16H2,1-4H3. The van der Waals surface area contributed by atoms with Crippen LogP contribution in [0.2, 0.25) is 0 Å². The van der Waals surface area contributed by atoms with Gasteiger partial charge >= 0.3 is 0 Å². The fourth-order valence-corrected chi connectivity index (χ4v) is 4.64. The van der Waals surface area contributed by atoms with Gasteiger partial charge in [-0.05, 0) is 53.4 Å². The number of aryl methyl sites for hydroxylation is 1. The first-order chi connectivity index (χ1) is 14.3. The van der Waals surface area contributed by atoms with E-state index in [-0.39, 0.29) is 11.3 Å². The molecule has 0 atom stereocenters. The Bertz CT molecular complexity index is 977. The van der Waals surface area contributed by atoms with Crippen LogP contribution < -0.4 is 4.90 Å². The summed E-state index contributed by atoms with van der Waals surface area (Å²) in [5.74, 6) is -0.129. The molecule has 1 fully saturated rings. The zero-order valence-electron chi connectivity index (χ0n) is 18.2. The van der Waals surface area contributed by atoms with Crippen molar-refractivity contribution in [3.05, 3.63) is 70.1 Å². The maximum Gasteiger partial charge on any atom is 0.286 e. The number of hydrogen-bond donors (Lipinski definition) is 0. The average Bonchev–Trinajstić information content (AvgIpc) is 3.09. The van der Waals surface area contributed by atoms with Crippen LogP contribution in [0.5, 0.6) is 0 Å². The number of carbonyl (C=O) groups is 1. The second kappa shape index (κ2) is 8.31. The van der Waals surface area contributed by atoms with E-state index in [1.807, 2.05) is 6.08 Å². The number of nitrogens with zero attached hydrogens (tertiary/aromatic N) is 3. The Kier molecular flexibility index (Phi) is 5.74. The normalized spacial score (nSPS) is 18.9. The lowest BCUT2D eigenvalue weighted by molar-refractivity contribution is -0.113. The van der Waals surface area contributed by atoms with Crippen molar-refractivity contribution in [2.75, 3.05) is 31.1 Å². The van der Waals surface area contributed by atoms with E-state index in [1.165, 1.54) is 28.6 Å². The van der Waals surface area contributed by atoms with E-state index in [2.05, 4.69) is 91.0 Å². The summed E-state index contributed by atoms with van der Waals surface area (Å²) in [6.45, 7) is 12.3. The largest absolute Gasteiger partial charge is 0.368 e. The van der Waals surface area contributed by atoms with Gasteiger partial charge in [-0.1, -0.05) is 62.7 Å². The van der Waals surface area contributed by atoms with Crippen LogP contribution in [0.1, 0.15) is 37.5 Å². The van der Waals surface area contributed by atoms with Gasteiger partial charge in [0.2, 0.25) is 0 Å². The molecule has 30 heavy (non-hydrogen) atoms. The van der Waals surface area contributed by atoms with Crippen LogP contribution in [0.3, 0.4) is 0 Å². The second-order valence-corrected chi connectivity index (χ2v) is 10.0. The minimum atomic E-state index is -0.129. The first-order valence-electron chi connectivity index (χ1n) is 10.5. The number of anilines is 1. The van der Waals surface area contributed by atoms with Gasteiger partial charge in [0, 0.05) is 31.9 Å². The highest BCUT2D eigenvalue weighted by molar-refractivity contribution is 8.18. The molecule has 2 aromatic rings. The third kappa shape index (κ3) is 4.62. The van der Waals surface area contributed by atoms with E-state index in [0.29, 0.717) is 4.91 Å². The van der Waals surface area contributed by atoms with E-state index in [9.17, 15) is 4.79 Å². The lowest BCUT2D eigenvalue weighted by atomic mass is 9.87. The summed E-state index contributed by atoms with van der Waals surface area (Å²) in [7, 11) is 0. The van der Waals surface area contributed by atoms with Crippen molar-refractivity contribution >= 4 is 34.6 Å². The van der Waals surface area contributed by atoms with Gasteiger partial charge in [0.1, 0.15) is 0 Å². The van der Waals surface area contributed by atoms with Gasteiger partial charge in [0.05, 0.1) is 4.91 Å². The maximum absolute atomic E-state index is 12.5. The molecular formula is C25H29N3OS. The van der Waals surface area contributed by atoms with Crippen LogP contribution in [0.25, 0.3) is 6.08 Å². The van der Waals surface area contributed by atoms with Gasteiger partial charge in [-0.3, -0.25) is 4.79 Å². The quantitative estimate of drug-likeness (QED) is 0.636. The highest BCUT2D eigenvalue weighted by Crippen LogP contribution is 2.31. The van der Waals surface area contributed by atoms with Gasteiger partial charge in [0.25, 0.3) is 5.91 Å². The Hall–Kier alpha value is -2.53. The monoisotopic (exact) mass is 419 g/mol. The third-order valence-electron chi connectivity index (χ3n) is 5.63. The molecule has 2 aliphatic heterocycles. The van der Waals surface area contributed by atoms with Crippen molar-refractivity contribution in [1.82, 2.24) is 4.90 Å². The van der Waals surface area contributed by atoms with Gasteiger partial charge in [-0.25, -0.2) is 0 Å². The molecule has 0 aliphatic carbocycles. The molecule has 0 unspecified atom stereocenters. The van der Waals surface area contributed by atoms with Crippen molar-refractivity contribution in [1.29, 1.82) is 0 Å². The summed E-state index contributed by atoms with van der Waals surface area (Å²) in [6.07, 6.45) is 1.96. The number of carbonyl (C=O) groups excluding carboxylic acids is 1. The molecule has 0 N–H and O–H groups in total. The first-order valence-corrected chi connectivity index (χ1v) is 11.3. The lowest BCUT2D eigenvalue weighted by Gasteiger charge is -2.36. The van der Waals surface area contributed by atoms with Gasteiger partial charge in [-0.15, -0.1) is 0 Å². The zero-order valence-corrected chi connectivity index (χ0v) is 19.0. The SMILES string of the molecule is Cc1ccc(N2CCN(C3=NC(=O)C(=Cc4ccc(C(C)(C)C)cc4)S3)CC2)cc1. The maximum atomic E-state index is 12.5. The van der Waals surface area contributed by atoms with Gasteiger partial charge < -0.3 is 9.80 Å². The van der Waals surface area contributed by atoms with E-state index in [1.54, 1.807) is 0 Å². The molecule has 5 heteroatoms. The predicted molar refractivity (Wildman–Crippen MR) is 128 cm³/mol. The molecule has 0 bridgehead atoms. The molecule has 4 nitrogen and oxygen atoms in total. The number of rotatable bonds is 2.